The van der Waals surface area contributed by atoms with Gasteiger partial charge in [-0.1, -0.05) is 17.7 Å². The standard InChI is InChI=1S/C16H16ClN5O2S/c1-11-3-4-12(17)9-15(11)18-10-16-19-20-21-22(16)13-5-7-14(8-6-13)25(2,23)24/h3-9,18H,10H2,1-2H3. The Labute approximate surface area is 150 Å². The number of sulfone groups is 1. The van der Waals surface area contributed by atoms with Gasteiger partial charge in [-0.05, 0) is 59.3 Å². The summed E-state index contributed by atoms with van der Waals surface area (Å²) in [6.45, 7) is 2.37. The second-order valence-corrected chi connectivity index (χ2v) is 8.04. The molecule has 0 amide bonds. The summed E-state index contributed by atoms with van der Waals surface area (Å²) in [5.41, 5.74) is 2.63. The van der Waals surface area contributed by atoms with Crippen LogP contribution in [0.4, 0.5) is 5.69 Å². The molecule has 2 aromatic carbocycles. The molecule has 0 spiro atoms. The molecule has 25 heavy (non-hydrogen) atoms. The van der Waals surface area contributed by atoms with Gasteiger partial charge in [0.2, 0.25) is 0 Å². The van der Waals surface area contributed by atoms with Crippen molar-refractivity contribution in [1.29, 1.82) is 0 Å². The number of nitrogens with zero attached hydrogens (tertiary/aromatic N) is 4. The Balaban J connectivity index is 1.82. The summed E-state index contributed by atoms with van der Waals surface area (Å²) in [6, 6.07) is 12.0. The van der Waals surface area contributed by atoms with Gasteiger partial charge in [0.1, 0.15) is 0 Å². The van der Waals surface area contributed by atoms with Crippen molar-refractivity contribution in [3.8, 4) is 5.69 Å². The van der Waals surface area contributed by atoms with Crippen LogP contribution in [-0.4, -0.2) is 34.9 Å². The zero-order valence-electron chi connectivity index (χ0n) is 13.6. The van der Waals surface area contributed by atoms with Crippen molar-refractivity contribution in [2.75, 3.05) is 11.6 Å². The molecule has 0 fully saturated rings. The van der Waals surface area contributed by atoms with Crippen molar-refractivity contribution in [3.05, 3.63) is 58.9 Å². The maximum absolute atomic E-state index is 11.5. The summed E-state index contributed by atoms with van der Waals surface area (Å²) in [6.07, 6.45) is 1.17. The van der Waals surface area contributed by atoms with Crippen LogP contribution in [0, 0.1) is 6.92 Å². The lowest BCUT2D eigenvalue weighted by Crippen LogP contribution is -2.09. The lowest BCUT2D eigenvalue weighted by Gasteiger charge is -2.10. The van der Waals surface area contributed by atoms with Gasteiger partial charge >= 0.3 is 0 Å². The van der Waals surface area contributed by atoms with Crippen LogP contribution >= 0.6 is 11.6 Å². The number of hydrogen-bond acceptors (Lipinski definition) is 6. The number of aryl methyl sites for hydroxylation is 1. The zero-order chi connectivity index (χ0) is 18.0. The molecule has 1 N–H and O–H groups in total. The Morgan fingerprint density at radius 1 is 1.16 bits per heavy atom. The van der Waals surface area contributed by atoms with Crippen molar-refractivity contribution in [3.63, 3.8) is 0 Å². The molecular formula is C16H16ClN5O2S. The van der Waals surface area contributed by atoms with Gasteiger partial charge in [0.15, 0.2) is 15.7 Å². The normalized spacial score (nSPS) is 11.5. The molecule has 0 atom stereocenters. The third kappa shape index (κ3) is 3.97. The van der Waals surface area contributed by atoms with E-state index < -0.39 is 9.84 Å². The summed E-state index contributed by atoms with van der Waals surface area (Å²) in [4.78, 5) is 0.249. The van der Waals surface area contributed by atoms with Crippen molar-refractivity contribution < 1.29 is 8.42 Å². The van der Waals surface area contributed by atoms with Gasteiger partial charge in [-0.15, -0.1) is 5.10 Å². The van der Waals surface area contributed by atoms with Gasteiger partial charge < -0.3 is 5.32 Å². The molecule has 130 valence electrons. The van der Waals surface area contributed by atoms with Crippen molar-refractivity contribution >= 4 is 27.1 Å². The fourth-order valence-corrected chi connectivity index (χ4v) is 3.11. The molecule has 0 bridgehead atoms. The molecule has 0 unspecified atom stereocenters. The van der Waals surface area contributed by atoms with E-state index in [4.69, 9.17) is 11.6 Å². The molecule has 3 aromatic rings. The molecule has 3 rings (SSSR count). The van der Waals surface area contributed by atoms with E-state index in [1.807, 2.05) is 25.1 Å². The monoisotopic (exact) mass is 377 g/mol. The highest BCUT2D eigenvalue weighted by Crippen LogP contribution is 2.21. The van der Waals surface area contributed by atoms with E-state index in [9.17, 15) is 8.42 Å². The predicted octanol–water partition coefficient (Wildman–Crippen LogP) is 2.64. The molecule has 0 saturated heterocycles. The highest BCUT2D eigenvalue weighted by atomic mass is 35.5. The minimum Gasteiger partial charge on any atom is -0.377 e. The van der Waals surface area contributed by atoms with E-state index in [2.05, 4.69) is 20.8 Å². The van der Waals surface area contributed by atoms with Crippen molar-refractivity contribution in [2.45, 2.75) is 18.4 Å². The number of tetrazole rings is 1. The average Bonchev–Trinajstić information content (AvgIpc) is 3.03. The molecule has 1 heterocycles. The number of aromatic nitrogens is 4. The third-order valence-electron chi connectivity index (χ3n) is 3.68. The summed E-state index contributed by atoms with van der Waals surface area (Å²) in [7, 11) is -3.24. The second kappa shape index (κ2) is 6.81. The maximum Gasteiger partial charge on any atom is 0.175 e. The number of nitrogens with one attached hydrogen (secondary N) is 1. The molecule has 0 radical (unpaired) electrons. The number of halogens is 1. The van der Waals surface area contributed by atoms with Gasteiger partial charge in [-0.25, -0.2) is 8.42 Å². The number of rotatable bonds is 5. The van der Waals surface area contributed by atoms with E-state index in [0.29, 0.717) is 23.1 Å². The largest absolute Gasteiger partial charge is 0.377 e. The SMILES string of the molecule is Cc1ccc(Cl)cc1NCc1nnnn1-c1ccc(S(C)(=O)=O)cc1. The number of hydrogen-bond donors (Lipinski definition) is 1. The van der Waals surface area contributed by atoms with Crippen LogP contribution in [0.2, 0.25) is 5.02 Å². The minimum absolute atomic E-state index is 0.249. The van der Waals surface area contributed by atoms with Crippen LogP contribution < -0.4 is 5.32 Å². The van der Waals surface area contributed by atoms with Crippen molar-refractivity contribution in [1.82, 2.24) is 20.2 Å². The first kappa shape index (κ1) is 17.4. The Morgan fingerprint density at radius 2 is 1.88 bits per heavy atom. The van der Waals surface area contributed by atoms with Gasteiger partial charge in [0, 0.05) is 17.0 Å². The van der Waals surface area contributed by atoms with E-state index >= 15 is 0 Å². The molecule has 0 aliphatic rings. The zero-order valence-corrected chi connectivity index (χ0v) is 15.2. The average molecular weight is 378 g/mol. The van der Waals surface area contributed by atoms with Crippen molar-refractivity contribution in [2.24, 2.45) is 0 Å². The van der Waals surface area contributed by atoms with Gasteiger partial charge in [-0.2, -0.15) is 4.68 Å². The van der Waals surface area contributed by atoms with E-state index in [1.165, 1.54) is 18.4 Å². The fraction of sp³-hybridized carbons (Fsp3) is 0.188. The first-order valence-electron chi connectivity index (χ1n) is 7.42. The minimum atomic E-state index is -3.24. The van der Waals surface area contributed by atoms with Crippen LogP contribution in [0.15, 0.2) is 47.4 Å². The van der Waals surface area contributed by atoms with Crippen LogP contribution in [0.25, 0.3) is 5.69 Å². The summed E-state index contributed by atoms with van der Waals surface area (Å²) in [5.74, 6) is 0.589. The van der Waals surface area contributed by atoms with E-state index in [1.54, 1.807) is 16.8 Å². The molecule has 0 aliphatic heterocycles. The molecule has 7 nitrogen and oxygen atoms in total. The smallest absolute Gasteiger partial charge is 0.175 e. The quantitative estimate of drug-likeness (QED) is 0.735. The highest BCUT2D eigenvalue weighted by molar-refractivity contribution is 7.90. The van der Waals surface area contributed by atoms with E-state index in [0.717, 1.165) is 11.3 Å². The molecule has 0 aliphatic carbocycles. The second-order valence-electron chi connectivity index (χ2n) is 5.59. The van der Waals surface area contributed by atoms with Gasteiger partial charge in [0.05, 0.1) is 17.1 Å². The first-order chi connectivity index (χ1) is 11.8. The molecule has 9 heteroatoms. The number of benzene rings is 2. The Morgan fingerprint density at radius 3 is 2.56 bits per heavy atom. The Hall–Kier alpha value is -2.45. The summed E-state index contributed by atoms with van der Waals surface area (Å²) >= 11 is 6.02. The van der Waals surface area contributed by atoms with Crippen LogP contribution in [0.1, 0.15) is 11.4 Å². The summed E-state index contributed by atoms with van der Waals surface area (Å²) in [5, 5.41) is 15.6. The van der Waals surface area contributed by atoms with Gasteiger partial charge in [-0.3, -0.25) is 0 Å². The van der Waals surface area contributed by atoms with Crippen LogP contribution in [-0.2, 0) is 16.4 Å². The maximum atomic E-state index is 11.5. The van der Waals surface area contributed by atoms with Crippen LogP contribution in [0.5, 0.6) is 0 Å². The third-order valence-corrected chi connectivity index (χ3v) is 5.04. The topological polar surface area (TPSA) is 89.8 Å². The Bertz CT molecular complexity index is 1000. The molecule has 1 aromatic heterocycles. The lowest BCUT2D eigenvalue weighted by molar-refractivity contribution is 0.602. The van der Waals surface area contributed by atoms with Gasteiger partial charge in [0.25, 0.3) is 0 Å². The van der Waals surface area contributed by atoms with E-state index in [-0.39, 0.29) is 4.90 Å². The molecule has 0 saturated carbocycles. The Kier molecular flexibility index (Phi) is 4.73. The lowest BCUT2D eigenvalue weighted by atomic mass is 10.2. The van der Waals surface area contributed by atoms with Crippen LogP contribution in [0.3, 0.4) is 0 Å². The molecular weight excluding hydrogens is 362 g/mol. The predicted molar refractivity (Wildman–Crippen MR) is 95.8 cm³/mol. The number of anilines is 1. The highest BCUT2D eigenvalue weighted by Gasteiger charge is 2.11. The fourth-order valence-electron chi connectivity index (χ4n) is 2.31. The first-order valence-corrected chi connectivity index (χ1v) is 9.69. The summed E-state index contributed by atoms with van der Waals surface area (Å²) < 4.78 is 24.7.